The van der Waals surface area contributed by atoms with Crippen molar-refractivity contribution in [1.82, 2.24) is 14.0 Å². The molecule has 0 N–H and O–H groups in total. The van der Waals surface area contributed by atoms with Crippen molar-refractivity contribution in [2.75, 3.05) is 6.61 Å². The molecule has 0 bridgehead atoms. The Morgan fingerprint density at radius 3 is 2.32 bits per heavy atom. The van der Waals surface area contributed by atoms with Crippen LogP contribution in [-0.2, 0) is 4.74 Å². The molecule has 5 rings (SSSR count). The molecule has 8 nitrogen and oxygen atoms in total. The summed E-state index contributed by atoms with van der Waals surface area (Å²) in [5.41, 5.74) is 2.92. The Balaban J connectivity index is 1.74. The van der Waals surface area contributed by atoms with Gasteiger partial charge in [0.2, 0.25) is 0 Å². The highest BCUT2D eigenvalue weighted by Gasteiger charge is 2.21. The molecule has 1 amide bonds. The van der Waals surface area contributed by atoms with E-state index < -0.39 is 11.9 Å². The maximum atomic E-state index is 13.4. The Morgan fingerprint density at radius 1 is 0.947 bits per heavy atom. The second kappa shape index (κ2) is 10.3. The molecular formula is C30H26N4O4. The number of carbonyl (C=O) groups excluding carboxylic acids is 2. The van der Waals surface area contributed by atoms with E-state index in [2.05, 4.69) is 4.99 Å². The van der Waals surface area contributed by atoms with E-state index in [0.717, 1.165) is 11.1 Å². The second-order valence-corrected chi connectivity index (χ2v) is 9.01. The summed E-state index contributed by atoms with van der Waals surface area (Å²) < 4.78 is 8.34. The normalized spacial score (nSPS) is 11.8. The predicted molar refractivity (Wildman–Crippen MR) is 145 cm³/mol. The summed E-state index contributed by atoms with van der Waals surface area (Å²) in [5.74, 6) is -1.20. The van der Waals surface area contributed by atoms with Gasteiger partial charge in [0.25, 0.3) is 11.5 Å². The van der Waals surface area contributed by atoms with E-state index in [-0.39, 0.29) is 34.6 Å². The highest BCUT2D eigenvalue weighted by molar-refractivity contribution is 5.97. The summed E-state index contributed by atoms with van der Waals surface area (Å²) in [6.45, 7) is 5.57. The molecule has 0 atom stereocenters. The van der Waals surface area contributed by atoms with Gasteiger partial charge in [-0.2, -0.15) is 4.99 Å². The predicted octanol–water partition coefficient (Wildman–Crippen LogP) is 4.81. The van der Waals surface area contributed by atoms with Crippen molar-refractivity contribution in [2.24, 2.45) is 4.99 Å². The summed E-state index contributed by atoms with van der Waals surface area (Å²) in [5, 5.41) is 0.226. The Morgan fingerprint density at radius 2 is 1.63 bits per heavy atom. The Labute approximate surface area is 218 Å². The second-order valence-electron chi connectivity index (χ2n) is 9.01. The molecule has 5 aromatic rings. The minimum Gasteiger partial charge on any atom is -0.462 e. The number of nitrogens with zero attached hydrogens (tertiary/aromatic N) is 4. The van der Waals surface area contributed by atoms with Gasteiger partial charge in [0.15, 0.2) is 5.49 Å². The lowest BCUT2D eigenvalue weighted by Crippen LogP contribution is -2.33. The van der Waals surface area contributed by atoms with Gasteiger partial charge in [0.05, 0.1) is 12.0 Å². The molecule has 2 aromatic carbocycles. The largest absolute Gasteiger partial charge is 0.462 e. The van der Waals surface area contributed by atoms with Gasteiger partial charge in [-0.3, -0.25) is 14.0 Å². The standard InChI is InChI=1S/C30H26N4O4/c1-4-38-30(37)24-18-23-26(31-25-12-8-9-17-33(25)29(23)36)34(19(2)3)27(24)32-28(35)22-15-13-21(14-16-22)20-10-6-5-7-11-20/h5-19H,4H2,1-3H3. The van der Waals surface area contributed by atoms with Gasteiger partial charge in [0, 0.05) is 17.8 Å². The average Bonchev–Trinajstić information content (AvgIpc) is 2.93. The van der Waals surface area contributed by atoms with Crippen LogP contribution >= 0.6 is 0 Å². The van der Waals surface area contributed by atoms with Crippen LogP contribution in [-0.4, -0.2) is 32.4 Å². The van der Waals surface area contributed by atoms with Crippen LogP contribution in [0.15, 0.2) is 94.8 Å². The van der Waals surface area contributed by atoms with Crippen molar-refractivity contribution in [3.8, 4) is 11.1 Å². The van der Waals surface area contributed by atoms with Crippen molar-refractivity contribution < 1.29 is 14.3 Å². The van der Waals surface area contributed by atoms with Crippen LogP contribution in [0.1, 0.15) is 47.5 Å². The van der Waals surface area contributed by atoms with Crippen LogP contribution in [0, 0.1) is 0 Å². The van der Waals surface area contributed by atoms with Crippen LogP contribution in [0.2, 0.25) is 0 Å². The summed E-state index contributed by atoms with van der Waals surface area (Å²) in [6.07, 6.45) is 1.62. The molecule has 0 aliphatic rings. The van der Waals surface area contributed by atoms with Gasteiger partial charge in [-0.25, -0.2) is 9.78 Å². The Hall–Kier alpha value is -4.85. The van der Waals surface area contributed by atoms with E-state index in [1.165, 1.54) is 10.5 Å². The molecule has 38 heavy (non-hydrogen) atoms. The van der Waals surface area contributed by atoms with Crippen molar-refractivity contribution in [3.63, 3.8) is 0 Å². The summed E-state index contributed by atoms with van der Waals surface area (Å²) in [4.78, 5) is 48.9. The Kier molecular flexibility index (Phi) is 6.70. The number of benzene rings is 2. The van der Waals surface area contributed by atoms with E-state index in [9.17, 15) is 14.4 Å². The van der Waals surface area contributed by atoms with Crippen molar-refractivity contribution in [1.29, 1.82) is 0 Å². The number of ether oxygens (including phenoxy) is 1. The van der Waals surface area contributed by atoms with Gasteiger partial charge in [-0.05, 0) is 62.2 Å². The minimum atomic E-state index is -0.674. The quantitative estimate of drug-likeness (QED) is 0.252. The summed E-state index contributed by atoms with van der Waals surface area (Å²) >= 11 is 0. The molecule has 8 heteroatoms. The first-order valence-electron chi connectivity index (χ1n) is 12.4. The number of fused-ring (bicyclic) bond motifs is 2. The fourth-order valence-corrected chi connectivity index (χ4v) is 4.40. The first-order valence-corrected chi connectivity index (χ1v) is 12.4. The maximum Gasteiger partial charge on any atom is 0.341 e. The van der Waals surface area contributed by atoms with Crippen LogP contribution in [0.4, 0.5) is 0 Å². The number of hydrogen-bond donors (Lipinski definition) is 0. The molecule has 0 saturated heterocycles. The highest BCUT2D eigenvalue weighted by Crippen LogP contribution is 2.20. The number of hydrogen-bond acceptors (Lipinski definition) is 5. The van der Waals surface area contributed by atoms with Crippen molar-refractivity contribution in [2.45, 2.75) is 26.8 Å². The molecule has 190 valence electrons. The molecule has 0 fully saturated rings. The molecule has 3 heterocycles. The number of aromatic nitrogens is 3. The number of rotatable bonds is 5. The van der Waals surface area contributed by atoms with Gasteiger partial charge < -0.3 is 9.30 Å². The van der Waals surface area contributed by atoms with Gasteiger partial charge in [-0.1, -0.05) is 48.5 Å². The fourth-order valence-electron chi connectivity index (χ4n) is 4.40. The van der Waals surface area contributed by atoms with E-state index in [0.29, 0.717) is 16.9 Å². The summed E-state index contributed by atoms with van der Waals surface area (Å²) in [7, 11) is 0. The number of pyridine rings is 2. The third kappa shape index (κ3) is 4.52. The lowest BCUT2D eigenvalue weighted by Gasteiger charge is -2.17. The average molecular weight is 507 g/mol. The molecule has 0 saturated carbocycles. The third-order valence-electron chi connectivity index (χ3n) is 6.19. The SMILES string of the molecule is CCOC(=O)c1cc2c(=O)n3ccccc3nc2n(C(C)C)c1=NC(=O)c1ccc(-c2ccccc2)cc1. The smallest absolute Gasteiger partial charge is 0.341 e. The lowest BCUT2D eigenvalue weighted by molar-refractivity contribution is 0.0523. The monoisotopic (exact) mass is 506 g/mol. The van der Waals surface area contributed by atoms with E-state index in [1.807, 2.05) is 56.3 Å². The zero-order valence-corrected chi connectivity index (χ0v) is 21.3. The molecule has 0 unspecified atom stereocenters. The zero-order valence-electron chi connectivity index (χ0n) is 21.3. The number of amides is 1. The molecule has 0 spiro atoms. The molecule has 3 aromatic heterocycles. The van der Waals surface area contributed by atoms with Gasteiger partial charge in [-0.15, -0.1) is 0 Å². The zero-order chi connectivity index (χ0) is 26.8. The van der Waals surface area contributed by atoms with E-state index >= 15 is 0 Å². The van der Waals surface area contributed by atoms with E-state index in [1.54, 1.807) is 48.0 Å². The third-order valence-corrected chi connectivity index (χ3v) is 6.19. The van der Waals surface area contributed by atoms with Crippen LogP contribution in [0.25, 0.3) is 27.8 Å². The lowest BCUT2D eigenvalue weighted by atomic mass is 10.0. The maximum absolute atomic E-state index is 13.4. The molecule has 0 aliphatic heterocycles. The molecule has 0 aliphatic carbocycles. The first kappa shape index (κ1) is 24.8. The molecule has 0 radical (unpaired) electrons. The van der Waals surface area contributed by atoms with Crippen molar-refractivity contribution in [3.05, 3.63) is 112 Å². The van der Waals surface area contributed by atoms with Crippen LogP contribution < -0.4 is 11.0 Å². The number of esters is 1. The fraction of sp³-hybridized carbons (Fsp3) is 0.167. The van der Waals surface area contributed by atoms with Gasteiger partial charge >= 0.3 is 5.97 Å². The Bertz CT molecular complexity index is 1800. The molecular weight excluding hydrogens is 480 g/mol. The minimum absolute atomic E-state index is 0.0251. The summed E-state index contributed by atoms with van der Waals surface area (Å²) in [6, 6.07) is 23.3. The van der Waals surface area contributed by atoms with Crippen LogP contribution in [0.3, 0.4) is 0 Å². The first-order chi connectivity index (χ1) is 18.4. The van der Waals surface area contributed by atoms with Gasteiger partial charge in [0.1, 0.15) is 16.9 Å². The van der Waals surface area contributed by atoms with E-state index in [4.69, 9.17) is 9.72 Å². The van der Waals surface area contributed by atoms with Crippen molar-refractivity contribution >= 4 is 28.6 Å². The van der Waals surface area contributed by atoms with Crippen LogP contribution in [0.5, 0.6) is 0 Å². The topological polar surface area (TPSA) is 95.0 Å². The number of carbonyl (C=O) groups is 2. The highest BCUT2D eigenvalue weighted by atomic mass is 16.5.